The van der Waals surface area contributed by atoms with Crippen LogP contribution in [0.5, 0.6) is 0 Å². The predicted octanol–water partition coefficient (Wildman–Crippen LogP) is 0.872. The molecule has 0 spiro atoms. The molecule has 1 aromatic rings. The van der Waals surface area contributed by atoms with Crippen molar-refractivity contribution < 1.29 is 9.90 Å². The Bertz CT molecular complexity index is 833. The number of aliphatic hydroxyl groups excluding tert-OH is 1. The Kier molecular flexibility index (Phi) is 3.99. The van der Waals surface area contributed by atoms with E-state index in [2.05, 4.69) is 44.8 Å². The van der Waals surface area contributed by atoms with Crippen molar-refractivity contribution in [2.75, 3.05) is 20.2 Å². The van der Waals surface area contributed by atoms with Crippen molar-refractivity contribution in [3.63, 3.8) is 0 Å². The Hall–Kier alpha value is -2.70. The van der Waals surface area contributed by atoms with Crippen LogP contribution < -0.4 is 10.6 Å². The first kappa shape index (κ1) is 15.8. The van der Waals surface area contributed by atoms with Gasteiger partial charge in [-0.05, 0) is 18.7 Å². The number of aliphatic hydroxyl groups is 1. The number of nitrogens with zero attached hydrogens (tertiary/aromatic N) is 2. The van der Waals surface area contributed by atoms with Gasteiger partial charge < -0.3 is 20.6 Å². The van der Waals surface area contributed by atoms with Gasteiger partial charge in [0.2, 0.25) is 5.91 Å². The van der Waals surface area contributed by atoms with E-state index in [1.165, 1.54) is 11.6 Å². The lowest BCUT2D eigenvalue weighted by Gasteiger charge is -2.28. The van der Waals surface area contributed by atoms with Gasteiger partial charge in [0.15, 0.2) is 0 Å². The van der Waals surface area contributed by atoms with Crippen molar-refractivity contribution in [2.45, 2.75) is 6.54 Å². The smallest absolute Gasteiger partial charge is 0.248 e. The van der Waals surface area contributed by atoms with Gasteiger partial charge in [-0.2, -0.15) is 0 Å². The molecule has 0 aromatic heterocycles. The third kappa shape index (κ3) is 2.69. The van der Waals surface area contributed by atoms with Crippen molar-refractivity contribution in [3.05, 3.63) is 70.7 Å². The Morgan fingerprint density at radius 1 is 1.32 bits per heavy atom. The number of amidine groups is 1. The molecule has 128 valence electrons. The lowest BCUT2D eigenvalue weighted by Crippen LogP contribution is -2.33. The number of hydrogen-bond donors (Lipinski definition) is 3. The Labute approximate surface area is 146 Å². The van der Waals surface area contributed by atoms with Crippen LogP contribution in [0.2, 0.25) is 0 Å². The largest absolute Gasteiger partial charge is 0.396 e. The SMILES string of the molecule is CNCc1ccc(C2=NC=C3C=CC(=O)NC4=C3N2C[C@H]4CO)cc1. The lowest BCUT2D eigenvalue weighted by molar-refractivity contribution is -0.115. The maximum Gasteiger partial charge on any atom is 0.248 e. The van der Waals surface area contributed by atoms with Crippen LogP contribution in [-0.2, 0) is 11.3 Å². The minimum Gasteiger partial charge on any atom is -0.396 e. The molecule has 3 N–H and O–H groups in total. The summed E-state index contributed by atoms with van der Waals surface area (Å²) in [6.07, 6.45) is 5.07. The van der Waals surface area contributed by atoms with Gasteiger partial charge in [0.25, 0.3) is 0 Å². The van der Waals surface area contributed by atoms with E-state index in [1.54, 1.807) is 12.3 Å². The van der Waals surface area contributed by atoms with Crippen molar-refractivity contribution in [1.82, 2.24) is 15.5 Å². The number of amides is 1. The number of carbonyl (C=O) groups excluding carboxylic acids is 1. The van der Waals surface area contributed by atoms with Gasteiger partial charge in [-0.3, -0.25) is 4.79 Å². The predicted molar refractivity (Wildman–Crippen MR) is 95.4 cm³/mol. The van der Waals surface area contributed by atoms with Crippen LogP contribution in [-0.4, -0.2) is 41.9 Å². The van der Waals surface area contributed by atoms with Crippen LogP contribution >= 0.6 is 0 Å². The second-order valence-corrected chi connectivity index (χ2v) is 6.34. The van der Waals surface area contributed by atoms with Gasteiger partial charge >= 0.3 is 0 Å². The topological polar surface area (TPSA) is 77.0 Å². The number of carbonyl (C=O) groups is 1. The van der Waals surface area contributed by atoms with E-state index >= 15 is 0 Å². The number of rotatable bonds is 4. The van der Waals surface area contributed by atoms with Crippen LogP contribution in [0.15, 0.2) is 64.6 Å². The summed E-state index contributed by atoms with van der Waals surface area (Å²) in [6, 6.07) is 8.28. The summed E-state index contributed by atoms with van der Waals surface area (Å²) in [5.74, 6) is 0.540. The molecule has 3 heterocycles. The third-order valence-electron chi connectivity index (χ3n) is 4.68. The van der Waals surface area contributed by atoms with E-state index in [0.29, 0.717) is 6.54 Å². The number of nitrogens with one attached hydrogen (secondary N) is 2. The van der Waals surface area contributed by atoms with Gasteiger partial charge in [0.1, 0.15) is 5.84 Å². The average molecular weight is 336 g/mol. The first-order valence-corrected chi connectivity index (χ1v) is 8.35. The number of allylic oxidation sites excluding steroid dienone is 1. The van der Waals surface area contributed by atoms with Crippen LogP contribution in [0.1, 0.15) is 11.1 Å². The van der Waals surface area contributed by atoms with Gasteiger partial charge in [-0.15, -0.1) is 0 Å². The molecule has 0 saturated heterocycles. The van der Waals surface area contributed by atoms with Crippen molar-refractivity contribution in [3.8, 4) is 0 Å². The second-order valence-electron chi connectivity index (χ2n) is 6.34. The summed E-state index contributed by atoms with van der Waals surface area (Å²) in [6.45, 7) is 1.40. The molecule has 1 amide bonds. The summed E-state index contributed by atoms with van der Waals surface area (Å²) in [7, 11) is 1.92. The fourth-order valence-electron chi connectivity index (χ4n) is 3.49. The highest BCUT2D eigenvalue weighted by Gasteiger charge is 2.38. The molecule has 25 heavy (non-hydrogen) atoms. The second kappa shape index (κ2) is 6.31. The zero-order chi connectivity index (χ0) is 17.4. The van der Waals surface area contributed by atoms with Crippen molar-refractivity contribution in [2.24, 2.45) is 10.9 Å². The zero-order valence-electron chi connectivity index (χ0n) is 14.0. The molecule has 3 aliphatic heterocycles. The summed E-state index contributed by atoms with van der Waals surface area (Å²) >= 11 is 0. The van der Waals surface area contributed by atoms with E-state index in [4.69, 9.17) is 0 Å². The van der Waals surface area contributed by atoms with Gasteiger partial charge in [0.05, 0.1) is 12.3 Å². The van der Waals surface area contributed by atoms with E-state index in [0.717, 1.165) is 34.9 Å². The average Bonchev–Trinajstić information content (AvgIpc) is 2.90. The van der Waals surface area contributed by atoms with Crippen molar-refractivity contribution in [1.29, 1.82) is 0 Å². The molecule has 1 aromatic carbocycles. The molecule has 0 fully saturated rings. The third-order valence-corrected chi connectivity index (χ3v) is 4.68. The highest BCUT2D eigenvalue weighted by molar-refractivity contribution is 6.03. The molecule has 3 aliphatic rings. The number of benzene rings is 1. The molecule has 6 nitrogen and oxygen atoms in total. The first-order chi connectivity index (χ1) is 12.2. The molecule has 1 atom stereocenters. The van der Waals surface area contributed by atoms with Gasteiger partial charge in [0, 0.05) is 48.1 Å². The summed E-state index contributed by atoms with van der Waals surface area (Å²) in [5.41, 5.74) is 4.83. The fraction of sp³-hybridized carbons (Fsp3) is 0.263. The zero-order valence-corrected chi connectivity index (χ0v) is 14.0. The Morgan fingerprint density at radius 3 is 2.84 bits per heavy atom. The van der Waals surface area contributed by atoms with Gasteiger partial charge in [-0.25, -0.2) is 4.99 Å². The van der Waals surface area contributed by atoms with Gasteiger partial charge in [-0.1, -0.05) is 24.3 Å². The molecule has 0 bridgehead atoms. The minimum atomic E-state index is -0.170. The molecule has 0 aliphatic carbocycles. The number of hydrogen-bond acceptors (Lipinski definition) is 5. The van der Waals surface area contributed by atoms with E-state index in [1.807, 2.05) is 7.05 Å². The summed E-state index contributed by atoms with van der Waals surface area (Å²) in [4.78, 5) is 18.6. The Morgan fingerprint density at radius 2 is 2.12 bits per heavy atom. The van der Waals surface area contributed by atoms with E-state index < -0.39 is 0 Å². The molecular weight excluding hydrogens is 316 g/mol. The lowest BCUT2D eigenvalue weighted by atomic mass is 10.1. The normalized spacial score (nSPS) is 21.6. The minimum absolute atomic E-state index is 0.0166. The van der Waals surface area contributed by atoms with E-state index in [9.17, 15) is 9.90 Å². The highest BCUT2D eigenvalue weighted by Crippen LogP contribution is 2.36. The van der Waals surface area contributed by atoms with Crippen LogP contribution in [0.3, 0.4) is 0 Å². The maximum atomic E-state index is 11.9. The molecule has 4 rings (SSSR count). The molecule has 0 saturated carbocycles. The quantitative estimate of drug-likeness (QED) is 0.763. The molecule has 0 radical (unpaired) electrons. The van der Waals surface area contributed by atoms with Crippen LogP contribution in [0, 0.1) is 5.92 Å². The molecule has 6 heteroatoms. The number of aliphatic imine (C=N–C) groups is 1. The van der Waals surface area contributed by atoms with Crippen molar-refractivity contribution >= 4 is 11.7 Å². The Balaban J connectivity index is 1.75. The monoisotopic (exact) mass is 336 g/mol. The first-order valence-electron chi connectivity index (χ1n) is 8.35. The summed E-state index contributed by atoms with van der Waals surface area (Å²) in [5, 5.41) is 15.8. The summed E-state index contributed by atoms with van der Waals surface area (Å²) < 4.78 is 0. The highest BCUT2D eigenvalue weighted by atomic mass is 16.3. The van der Waals surface area contributed by atoms with Crippen LogP contribution in [0.4, 0.5) is 0 Å². The fourth-order valence-corrected chi connectivity index (χ4v) is 3.49. The maximum absolute atomic E-state index is 11.9. The van der Waals surface area contributed by atoms with E-state index in [-0.39, 0.29) is 18.4 Å². The molecular formula is C19H20N4O2. The molecule has 0 unspecified atom stereocenters. The van der Waals surface area contributed by atoms with Crippen LogP contribution in [0.25, 0.3) is 0 Å². The standard InChI is InChI=1S/C19H20N4O2/c1-20-8-12-2-4-13(5-3-12)19-21-9-14-6-7-16(25)22-17-15(11-24)10-23(19)18(14)17/h2-7,9,15,20,24H,8,10-11H2,1H3,(H,22,25)/t15-/m0/s1.